The van der Waals surface area contributed by atoms with Crippen molar-refractivity contribution in [1.82, 2.24) is 20.6 Å². The number of rotatable bonds is 6. The number of H-pyrrole nitrogens is 1. The molecule has 2 aromatic heterocycles. The van der Waals surface area contributed by atoms with Crippen LogP contribution in [0.5, 0.6) is 0 Å². The molecule has 32 heavy (non-hydrogen) atoms. The number of aromatic amines is 1. The van der Waals surface area contributed by atoms with Crippen molar-refractivity contribution in [3.05, 3.63) is 64.8 Å². The normalized spacial score (nSPS) is 19.5. The first-order valence-electron chi connectivity index (χ1n) is 10.6. The molecule has 0 unspecified atom stereocenters. The maximum atomic E-state index is 13.3. The van der Waals surface area contributed by atoms with E-state index in [1.165, 1.54) is 18.3 Å². The zero-order valence-electron chi connectivity index (χ0n) is 17.3. The van der Waals surface area contributed by atoms with Gasteiger partial charge in [0.2, 0.25) is 5.91 Å². The van der Waals surface area contributed by atoms with Crippen LogP contribution < -0.4 is 10.6 Å². The lowest BCUT2D eigenvalue weighted by molar-refractivity contribution is -0.124. The average molecular weight is 459 g/mol. The molecule has 1 aromatic carbocycles. The minimum atomic E-state index is -0.907. The third kappa shape index (κ3) is 5.26. The molecule has 3 aromatic rings. The number of aromatic nitrogens is 2. The molecular formula is C23H24ClFN4O3. The van der Waals surface area contributed by atoms with Crippen molar-refractivity contribution in [2.24, 2.45) is 0 Å². The number of aliphatic hydroxyl groups is 1. The largest absolute Gasteiger partial charge is 0.391 e. The molecule has 0 aliphatic heterocycles. The third-order valence-corrected chi connectivity index (χ3v) is 5.96. The molecule has 4 N–H and O–H groups in total. The number of amides is 2. The predicted molar refractivity (Wildman–Crippen MR) is 119 cm³/mol. The second-order valence-electron chi connectivity index (χ2n) is 8.10. The van der Waals surface area contributed by atoms with Crippen molar-refractivity contribution in [2.45, 2.75) is 50.3 Å². The van der Waals surface area contributed by atoms with E-state index in [1.807, 2.05) is 0 Å². The Morgan fingerprint density at radius 1 is 1.22 bits per heavy atom. The van der Waals surface area contributed by atoms with E-state index >= 15 is 0 Å². The van der Waals surface area contributed by atoms with Crippen LogP contribution in [0, 0.1) is 5.82 Å². The lowest BCUT2D eigenvalue weighted by Gasteiger charge is -2.30. The van der Waals surface area contributed by atoms with Gasteiger partial charge in [0, 0.05) is 11.8 Å². The van der Waals surface area contributed by atoms with Gasteiger partial charge in [0.1, 0.15) is 22.7 Å². The van der Waals surface area contributed by atoms with Gasteiger partial charge in [-0.05, 0) is 42.7 Å². The zero-order chi connectivity index (χ0) is 22.7. The summed E-state index contributed by atoms with van der Waals surface area (Å²) < 4.78 is 13.3. The topological polar surface area (TPSA) is 107 Å². The van der Waals surface area contributed by atoms with Crippen molar-refractivity contribution in [3.8, 4) is 0 Å². The van der Waals surface area contributed by atoms with E-state index in [0.717, 1.165) is 18.2 Å². The minimum Gasteiger partial charge on any atom is -0.391 e. The Morgan fingerprint density at radius 3 is 2.72 bits per heavy atom. The summed E-state index contributed by atoms with van der Waals surface area (Å²) in [6.45, 7) is 0. The van der Waals surface area contributed by atoms with Gasteiger partial charge in [-0.1, -0.05) is 36.6 Å². The average Bonchev–Trinajstić information content (AvgIpc) is 3.19. The maximum Gasteiger partial charge on any atom is 0.268 e. The summed E-state index contributed by atoms with van der Waals surface area (Å²) in [5, 5.41) is 16.9. The third-order valence-electron chi connectivity index (χ3n) is 5.75. The van der Waals surface area contributed by atoms with Gasteiger partial charge >= 0.3 is 0 Å². The van der Waals surface area contributed by atoms with Crippen molar-refractivity contribution in [2.75, 3.05) is 0 Å². The number of carbonyl (C=O) groups excluding carboxylic acids is 2. The molecule has 0 spiro atoms. The van der Waals surface area contributed by atoms with Gasteiger partial charge in [-0.25, -0.2) is 9.37 Å². The Labute approximate surface area is 189 Å². The standard InChI is InChI=1S/C23H24ClFN4O3/c24-21-11-14-10-18(27-19(14)12-26-21)23(32)29-17(9-13-5-7-15(25)8-6-13)22(31)28-16-3-1-2-4-20(16)30/h5-8,10-12,16-17,20,27,30H,1-4,9H2,(H,28,31)(H,29,32)/t16-,17+,20-/m1/s1. The van der Waals surface area contributed by atoms with Crippen LogP contribution in [0.1, 0.15) is 41.7 Å². The highest BCUT2D eigenvalue weighted by Gasteiger charge is 2.29. The molecule has 168 valence electrons. The summed E-state index contributed by atoms with van der Waals surface area (Å²) in [7, 11) is 0. The first-order chi connectivity index (χ1) is 15.4. The van der Waals surface area contributed by atoms with Gasteiger partial charge in [-0.2, -0.15) is 0 Å². The fourth-order valence-electron chi connectivity index (χ4n) is 3.99. The second kappa shape index (κ2) is 9.67. The second-order valence-corrected chi connectivity index (χ2v) is 8.49. The highest BCUT2D eigenvalue weighted by Crippen LogP contribution is 2.20. The summed E-state index contributed by atoms with van der Waals surface area (Å²) >= 11 is 5.91. The quantitative estimate of drug-likeness (QED) is 0.426. The number of nitrogens with zero attached hydrogens (tertiary/aromatic N) is 1. The monoisotopic (exact) mass is 458 g/mol. The molecule has 0 radical (unpaired) electrons. The fourth-order valence-corrected chi connectivity index (χ4v) is 4.16. The number of nitrogens with one attached hydrogen (secondary N) is 3. The molecule has 2 amide bonds. The summed E-state index contributed by atoms with van der Waals surface area (Å²) in [6.07, 6.45) is 4.24. The number of pyridine rings is 1. The molecule has 7 nitrogen and oxygen atoms in total. The molecule has 3 atom stereocenters. The van der Waals surface area contributed by atoms with Gasteiger partial charge < -0.3 is 20.7 Å². The zero-order valence-corrected chi connectivity index (χ0v) is 18.0. The van der Waals surface area contributed by atoms with E-state index in [4.69, 9.17) is 11.6 Å². The Hall–Kier alpha value is -2.97. The van der Waals surface area contributed by atoms with Gasteiger partial charge in [0.05, 0.1) is 23.9 Å². The van der Waals surface area contributed by atoms with E-state index in [1.54, 1.807) is 24.3 Å². The number of benzene rings is 1. The van der Waals surface area contributed by atoms with Crippen LogP contribution >= 0.6 is 11.6 Å². The Kier molecular flexibility index (Phi) is 6.72. The Bertz CT molecular complexity index is 1120. The fraction of sp³-hybridized carbons (Fsp3) is 0.348. The molecule has 0 bridgehead atoms. The first-order valence-corrected chi connectivity index (χ1v) is 10.9. The van der Waals surface area contributed by atoms with Crippen LogP contribution in [-0.4, -0.2) is 45.1 Å². The van der Waals surface area contributed by atoms with Crippen LogP contribution in [0.4, 0.5) is 4.39 Å². The van der Waals surface area contributed by atoms with E-state index in [-0.39, 0.29) is 24.0 Å². The Morgan fingerprint density at radius 2 is 1.97 bits per heavy atom. The van der Waals surface area contributed by atoms with Crippen LogP contribution in [0.25, 0.3) is 10.9 Å². The van der Waals surface area contributed by atoms with Crippen LogP contribution in [-0.2, 0) is 11.2 Å². The number of hydrogen-bond donors (Lipinski definition) is 4. The summed E-state index contributed by atoms with van der Waals surface area (Å²) in [5.41, 5.74) is 1.60. The molecule has 0 saturated heterocycles. The van der Waals surface area contributed by atoms with Crippen LogP contribution in [0.15, 0.2) is 42.6 Å². The van der Waals surface area contributed by atoms with Crippen LogP contribution in [0.3, 0.4) is 0 Å². The molecule has 9 heteroatoms. The first kappa shape index (κ1) is 22.2. The summed E-state index contributed by atoms with van der Waals surface area (Å²) in [5.74, 6) is -1.24. The van der Waals surface area contributed by atoms with Crippen LogP contribution in [0.2, 0.25) is 5.15 Å². The SMILES string of the molecule is O=C(N[C@@H](Cc1ccc(F)cc1)C(=O)N[C@@H]1CCCC[C@H]1O)c1cc2cc(Cl)ncc2[nH]1. The van der Waals surface area contributed by atoms with Crippen molar-refractivity contribution >= 4 is 34.3 Å². The summed E-state index contributed by atoms with van der Waals surface area (Å²) in [6, 6.07) is 7.78. The van der Waals surface area contributed by atoms with E-state index in [9.17, 15) is 19.1 Å². The van der Waals surface area contributed by atoms with Crippen molar-refractivity contribution in [1.29, 1.82) is 0 Å². The number of fused-ring (bicyclic) bond motifs is 1. The molecule has 1 fully saturated rings. The number of halogens is 2. The highest BCUT2D eigenvalue weighted by atomic mass is 35.5. The minimum absolute atomic E-state index is 0.175. The van der Waals surface area contributed by atoms with Gasteiger partial charge in [-0.15, -0.1) is 0 Å². The molecule has 1 aliphatic rings. The van der Waals surface area contributed by atoms with E-state index < -0.39 is 24.0 Å². The van der Waals surface area contributed by atoms with E-state index in [0.29, 0.717) is 29.1 Å². The van der Waals surface area contributed by atoms with E-state index in [2.05, 4.69) is 20.6 Å². The van der Waals surface area contributed by atoms with Gasteiger partial charge in [0.15, 0.2) is 0 Å². The molecule has 1 aliphatic carbocycles. The molecule has 2 heterocycles. The van der Waals surface area contributed by atoms with Gasteiger partial charge in [0.25, 0.3) is 5.91 Å². The lowest BCUT2D eigenvalue weighted by Crippen LogP contribution is -2.54. The Balaban J connectivity index is 1.53. The van der Waals surface area contributed by atoms with Gasteiger partial charge in [-0.3, -0.25) is 9.59 Å². The molecule has 1 saturated carbocycles. The number of aliphatic hydroxyl groups excluding tert-OH is 1. The van der Waals surface area contributed by atoms with Crippen molar-refractivity contribution < 1.29 is 19.1 Å². The lowest BCUT2D eigenvalue weighted by atomic mass is 9.92. The predicted octanol–water partition coefficient (Wildman–Crippen LogP) is 3.12. The van der Waals surface area contributed by atoms with Crippen molar-refractivity contribution in [3.63, 3.8) is 0 Å². The number of carbonyl (C=O) groups is 2. The molecule has 4 rings (SSSR count). The highest BCUT2D eigenvalue weighted by molar-refractivity contribution is 6.30. The number of hydrogen-bond acceptors (Lipinski definition) is 4. The maximum absolute atomic E-state index is 13.3. The summed E-state index contributed by atoms with van der Waals surface area (Å²) in [4.78, 5) is 33.0. The molecular weight excluding hydrogens is 435 g/mol. The smallest absolute Gasteiger partial charge is 0.268 e.